The number of Topliss-reactive ketones (excluding diaryl/α,β-unsaturated/α-hetero) is 2. The minimum atomic E-state index is -1.17. The molecule has 0 saturated carbocycles. The van der Waals surface area contributed by atoms with E-state index in [-0.39, 0.29) is 31.2 Å². The number of carbonyl (C=O) groups is 6. The third kappa shape index (κ3) is 8.80. The summed E-state index contributed by atoms with van der Waals surface area (Å²) >= 11 is 0. The lowest BCUT2D eigenvalue weighted by Gasteiger charge is -2.28. The van der Waals surface area contributed by atoms with Crippen molar-refractivity contribution >= 4 is 35.6 Å². The Balaban J connectivity index is 1.27. The van der Waals surface area contributed by atoms with Crippen LogP contribution in [-0.4, -0.2) is 94.3 Å². The maximum atomic E-state index is 12.8. The van der Waals surface area contributed by atoms with Crippen LogP contribution < -0.4 is 15.4 Å². The Bertz CT molecular complexity index is 1450. The first kappa shape index (κ1) is 33.0. The predicted octanol–water partition coefficient (Wildman–Crippen LogP) is 3.62. The van der Waals surface area contributed by atoms with Gasteiger partial charge in [-0.3, -0.25) is 29.0 Å². The van der Waals surface area contributed by atoms with Crippen LogP contribution in [0.5, 0.6) is 11.5 Å². The Labute approximate surface area is 260 Å². The fourth-order valence-electron chi connectivity index (χ4n) is 5.20. The van der Waals surface area contributed by atoms with Crippen LogP contribution >= 0.6 is 0 Å². The van der Waals surface area contributed by atoms with Crippen LogP contribution in [0.3, 0.4) is 0 Å². The molecule has 2 heterocycles. The van der Waals surface area contributed by atoms with Crippen LogP contribution in [0, 0.1) is 0 Å². The number of hydrogen-bond acceptors (Lipinski definition) is 8. The minimum Gasteiger partial charge on any atom is -0.465 e. The van der Waals surface area contributed by atoms with Crippen molar-refractivity contribution in [2.75, 3.05) is 26.2 Å². The van der Waals surface area contributed by atoms with Gasteiger partial charge in [0.1, 0.15) is 29.2 Å². The van der Waals surface area contributed by atoms with E-state index in [0.717, 1.165) is 4.90 Å². The largest absolute Gasteiger partial charge is 0.465 e. The SMILES string of the molecule is CC(C)(C)OC(=O)N1CCC[C@H]1C(=O)NCC(=O)c1ccc(Oc2cccc(C(=O)CNC(=O)C3CCCN3C(=O)O)c2)cc1. The summed E-state index contributed by atoms with van der Waals surface area (Å²) in [5.41, 5.74) is -0.0408. The summed E-state index contributed by atoms with van der Waals surface area (Å²) in [6.07, 6.45) is 0.411. The van der Waals surface area contributed by atoms with Crippen molar-refractivity contribution in [3.63, 3.8) is 0 Å². The van der Waals surface area contributed by atoms with E-state index in [1.54, 1.807) is 63.2 Å². The summed E-state index contributed by atoms with van der Waals surface area (Å²) in [4.78, 5) is 76.9. The molecule has 0 aliphatic carbocycles. The molecule has 4 rings (SSSR count). The molecule has 2 aliphatic heterocycles. The molecule has 2 fully saturated rings. The zero-order chi connectivity index (χ0) is 32.7. The fraction of sp³-hybridized carbons (Fsp3) is 0.438. The van der Waals surface area contributed by atoms with E-state index in [4.69, 9.17) is 9.47 Å². The van der Waals surface area contributed by atoms with E-state index in [1.807, 2.05) is 0 Å². The van der Waals surface area contributed by atoms with E-state index in [0.29, 0.717) is 54.9 Å². The average Bonchev–Trinajstić information content (AvgIpc) is 3.69. The van der Waals surface area contributed by atoms with Gasteiger partial charge in [-0.15, -0.1) is 0 Å². The quantitative estimate of drug-likeness (QED) is 0.335. The van der Waals surface area contributed by atoms with Crippen LogP contribution in [0.25, 0.3) is 0 Å². The third-order valence-electron chi connectivity index (χ3n) is 7.40. The monoisotopic (exact) mass is 622 g/mol. The highest BCUT2D eigenvalue weighted by Crippen LogP contribution is 2.24. The number of ether oxygens (including phenoxy) is 2. The lowest BCUT2D eigenvalue weighted by Crippen LogP contribution is -2.48. The second kappa shape index (κ2) is 14.2. The Kier molecular flexibility index (Phi) is 10.4. The first-order valence-electron chi connectivity index (χ1n) is 14.8. The van der Waals surface area contributed by atoms with Gasteiger partial charge in [-0.05, 0) is 82.9 Å². The molecule has 13 nitrogen and oxygen atoms in total. The molecule has 2 aliphatic rings. The first-order valence-corrected chi connectivity index (χ1v) is 14.8. The van der Waals surface area contributed by atoms with Gasteiger partial charge in [0.2, 0.25) is 11.8 Å². The van der Waals surface area contributed by atoms with E-state index >= 15 is 0 Å². The molecule has 2 aromatic carbocycles. The molecule has 1 unspecified atom stereocenters. The number of benzene rings is 2. The number of amides is 4. The van der Waals surface area contributed by atoms with Crippen LogP contribution in [0.2, 0.25) is 0 Å². The number of carboxylic acid groups (broad SMARTS) is 1. The van der Waals surface area contributed by atoms with Gasteiger partial charge in [-0.2, -0.15) is 0 Å². The summed E-state index contributed by atoms with van der Waals surface area (Å²) < 4.78 is 11.2. The molecule has 3 N–H and O–H groups in total. The molecule has 240 valence electrons. The number of carbonyl (C=O) groups excluding carboxylic acids is 5. The van der Waals surface area contributed by atoms with Gasteiger partial charge in [-0.25, -0.2) is 9.59 Å². The summed E-state index contributed by atoms with van der Waals surface area (Å²) in [5.74, 6) is -0.855. The third-order valence-corrected chi connectivity index (χ3v) is 7.40. The van der Waals surface area contributed by atoms with Gasteiger partial charge in [0, 0.05) is 24.2 Å². The lowest BCUT2D eigenvalue weighted by molar-refractivity contribution is -0.125. The van der Waals surface area contributed by atoms with Gasteiger partial charge in [0.15, 0.2) is 11.6 Å². The number of nitrogens with one attached hydrogen (secondary N) is 2. The predicted molar refractivity (Wildman–Crippen MR) is 161 cm³/mol. The van der Waals surface area contributed by atoms with Crippen molar-refractivity contribution in [1.82, 2.24) is 20.4 Å². The van der Waals surface area contributed by atoms with E-state index in [2.05, 4.69) is 10.6 Å². The van der Waals surface area contributed by atoms with Gasteiger partial charge in [-0.1, -0.05) is 12.1 Å². The Morgan fingerprint density at radius 1 is 0.778 bits per heavy atom. The zero-order valence-electron chi connectivity index (χ0n) is 25.5. The number of nitrogens with zero attached hydrogens (tertiary/aromatic N) is 2. The molecule has 0 radical (unpaired) electrons. The molecule has 0 bridgehead atoms. The van der Waals surface area contributed by atoms with Gasteiger partial charge in [0.05, 0.1) is 13.1 Å². The van der Waals surface area contributed by atoms with Crippen molar-refractivity contribution in [2.24, 2.45) is 0 Å². The number of rotatable bonds is 10. The molecule has 13 heteroatoms. The smallest absolute Gasteiger partial charge is 0.410 e. The number of likely N-dealkylation sites (tertiary alicyclic amines) is 2. The van der Waals surface area contributed by atoms with Gasteiger partial charge < -0.3 is 25.2 Å². The van der Waals surface area contributed by atoms with Crippen molar-refractivity contribution < 1.29 is 43.3 Å². The Hall–Kier alpha value is -4.94. The molecular formula is C32H38N4O9. The van der Waals surface area contributed by atoms with Crippen molar-refractivity contribution in [1.29, 1.82) is 0 Å². The van der Waals surface area contributed by atoms with Crippen LogP contribution in [0.4, 0.5) is 9.59 Å². The number of hydrogen-bond donors (Lipinski definition) is 3. The van der Waals surface area contributed by atoms with E-state index in [1.165, 1.54) is 11.0 Å². The van der Waals surface area contributed by atoms with Gasteiger partial charge >= 0.3 is 12.2 Å². The first-order chi connectivity index (χ1) is 21.3. The lowest BCUT2D eigenvalue weighted by atomic mass is 10.1. The maximum absolute atomic E-state index is 12.8. The van der Waals surface area contributed by atoms with Gasteiger partial charge in [0.25, 0.3) is 0 Å². The van der Waals surface area contributed by atoms with E-state index in [9.17, 15) is 33.9 Å². The molecular weight excluding hydrogens is 584 g/mol. The zero-order valence-corrected chi connectivity index (χ0v) is 25.5. The maximum Gasteiger partial charge on any atom is 0.410 e. The minimum absolute atomic E-state index is 0.243. The Morgan fingerprint density at radius 2 is 1.33 bits per heavy atom. The average molecular weight is 623 g/mol. The highest BCUT2D eigenvalue weighted by molar-refractivity contribution is 6.01. The van der Waals surface area contributed by atoms with Crippen LogP contribution in [-0.2, 0) is 14.3 Å². The highest BCUT2D eigenvalue weighted by Gasteiger charge is 2.37. The van der Waals surface area contributed by atoms with Crippen molar-refractivity contribution in [2.45, 2.75) is 64.1 Å². The van der Waals surface area contributed by atoms with Crippen LogP contribution in [0.15, 0.2) is 48.5 Å². The molecule has 4 amide bonds. The number of ketones is 2. The van der Waals surface area contributed by atoms with Crippen molar-refractivity contribution in [3.05, 3.63) is 59.7 Å². The molecule has 0 spiro atoms. The molecule has 0 aromatic heterocycles. The topological polar surface area (TPSA) is 172 Å². The van der Waals surface area contributed by atoms with Crippen molar-refractivity contribution in [3.8, 4) is 11.5 Å². The summed E-state index contributed by atoms with van der Waals surface area (Å²) in [7, 11) is 0. The molecule has 2 aromatic rings. The highest BCUT2D eigenvalue weighted by atomic mass is 16.6. The van der Waals surface area contributed by atoms with E-state index < -0.39 is 41.7 Å². The standard InChI is InChI=1S/C32H38N4O9/c1-32(2,3)45-31(43)36-16-6-10-25(36)29(40)33-18-26(37)20-11-13-22(14-12-20)44-23-8-4-7-21(17-23)27(38)19-34-28(39)24-9-5-15-35(24)30(41)42/h4,7-8,11-14,17,24-25H,5-6,9-10,15-16,18-19H2,1-3H3,(H,33,40)(H,34,39)(H,41,42)/t24?,25-/m0/s1. The fourth-order valence-corrected chi connectivity index (χ4v) is 5.20. The molecule has 2 atom stereocenters. The van der Waals surface area contributed by atoms with Crippen LogP contribution in [0.1, 0.15) is 67.2 Å². The summed E-state index contributed by atoms with van der Waals surface area (Å²) in [5, 5.41) is 14.4. The summed E-state index contributed by atoms with van der Waals surface area (Å²) in [6.45, 7) is 5.42. The summed E-state index contributed by atoms with van der Waals surface area (Å²) in [6, 6.07) is 11.2. The Morgan fingerprint density at radius 3 is 1.91 bits per heavy atom. The molecule has 2 saturated heterocycles. The second-order valence-corrected chi connectivity index (χ2v) is 11.9. The second-order valence-electron chi connectivity index (χ2n) is 11.9. The normalized spacial score (nSPS) is 17.8. The molecule has 45 heavy (non-hydrogen) atoms.